The number of aryl methyl sites for hydroxylation is 1. The normalized spacial score (nSPS) is 17.9. The number of anilines is 1. The van der Waals surface area contributed by atoms with Crippen molar-refractivity contribution in [3.05, 3.63) is 97.8 Å². The van der Waals surface area contributed by atoms with Gasteiger partial charge in [0.05, 0.1) is 10.5 Å². The summed E-state index contributed by atoms with van der Waals surface area (Å²) in [7, 11) is 0. The molecule has 2 heterocycles. The SMILES string of the molecule is O=C(CCc1ccccn1)c1ccc(N2CCC(c3cc(Cl)cc(Cl)c3)(C(F)(F)F)C2)cc1[N+](=O)[O-]. The summed E-state index contributed by atoms with van der Waals surface area (Å²) in [6.45, 7) is -0.481. The first-order valence-electron chi connectivity index (χ1n) is 11.0. The molecule has 11 heteroatoms. The van der Waals surface area contributed by atoms with Crippen molar-refractivity contribution in [3.63, 3.8) is 0 Å². The first-order valence-corrected chi connectivity index (χ1v) is 11.8. The Balaban J connectivity index is 1.62. The van der Waals surface area contributed by atoms with Gasteiger partial charge in [0.2, 0.25) is 0 Å². The molecule has 1 fully saturated rings. The number of nitro groups is 1. The number of carbonyl (C=O) groups is 1. The number of rotatable bonds is 7. The van der Waals surface area contributed by atoms with Crippen molar-refractivity contribution in [3.8, 4) is 0 Å². The summed E-state index contributed by atoms with van der Waals surface area (Å²) in [5.41, 5.74) is -1.97. The zero-order valence-corrected chi connectivity index (χ0v) is 20.3. The quantitative estimate of drug-likeness (QED) is 0.187. The van der Waals surface area contributed by atoms with Crippen molar-refractivity contribution >= 4 is 40.4 Å². The smallest absolute Gasteiger partial charge is 0.370 e. The van der Waals surface area contributed by atoms with Gasteiger partial charge in [0.1, 0.15) is 5.41 Å². The Morgan fingerprint density at radius 3 is 2.44 bits per heavy atom. The van der Waals surface area contributed by atoms with Crippen LogP contribution in [0.2, 0.25) is 10.0 Å². The average Bonchev–Trinajstić information content (AvgIpc) is 3.29. The van der Waals surface area contributed by atoms with Crippen molar-refractivity contribution in [1.29, 1.82) is 0 Å². The van der Waals surface area contributed by atoms with Crippen LogP contribution in [-0.4, -0.2) is 35.0 Å². The second-order valence-electron chi connectivity index (χ2n) is 8.61. The van der Waals surface area contributed by atoms with E-state index in [1.165, 1.54) is 35.2 Å². The predicted octanol–water partition coefficient (Wildman–Crippen LogP) is 6.82. The molecule has 0 N–H and O–H groups in total. The maximum Gasteiger partial charge on any atom is 0.400 e. The number of aromatic nitrogens is 1. The highest BCUT2D eigenvalue weighted by Crippen LogP contribution is 2.49. The second kappa shape index (κ2) is 10.1. The molecule has 3 aromatic rings. The Morgan fingerprint density at radius 1 is 1.11 bits per heavy atom. The lowest BCUT2D eigenvalue weighted by Crippen LogP contribution is -2.44. The van der Waals surface area contributed by atoms with Gasteiger partial charge in [-0.25, -0.2) is 0 Å². The third-order valence-electron chi connectivity index (χ3n) is 6.40. The first-order chi connectivity index (χ1) is 17.0. The molecule has 36 heavy (non-hydrogen) atoms. The fraction of sp³-hybridized carbons (Fsp3) is 0.280. The number of hydrogen-bond acceptors (Lipinski definition) is 5. The molecule has 4 rings (SSSR count). The molecule has 0 saturated carbocycles. The lowest BCUT2D eigenvalue weighted by Gasteiger charge is -2.33. The Kier molecular flexibility index (Phi) is 7.24. The van der Waals surface area contributed by atoms with Gasteiger partial charge in [-0.2, -0.15) is 13.2 Å². The van der Waals surface area contributed by atoms with E-state index in [1.54, 1.807) is 24.4 Å². The fourth-order valence-electron chi connectivity index (χ4n) is 4.52. The van der Waals surface area contributed by atoms with Gasteiger partial charge in [-0.05, 0) is 60.9 Å². The van der Waals surface area contributed by atoms with Crippen LogP contribution < -0.4 is 4.90 Å². The molecule has 1 aliphatic heterocycles. The summed E-state index contributed by atoms with van der Waals surface area (Å²) < 4.78 is 43.2. The number of alkyl halides is 3. The molecule has 0 radical (unpaired) electrons. The summed E-state index contributed by atoms with van der Waals surface area (Å²) in [5.74, 6) is -0.446. The third-order valence-corrected chi connectivity index (χ3v) is 6.84. The van der Waals surface area contributed by atoms with Gasteiger partial charge in [-0.15, -0.1) is 0 Å². The van der Waals surface area contributed by atoms with Crippen LogP contribution in [0.15, 0.2) is 60.8 Å². The van der Waals surface area contributed by atoms with E-state index in [-0.39, 0.29) is 46.2 Å². The van der Waals surface area contributed by atoms with Gasteiger partial charge in [0.25, 0.3) is 5.69 Å². The number of halogens is 5. The zero-order chi connectivity index (χ0) is 26.1. The first kappa shape index (κ1) is 25.9. The summed E-state index contributed by atoms with van der Waals surface area (Å²) in [5, 5.41) is 11.9. The van der Waals surface area contributed by atoms with Crippen LogP contribution in [0.5, 0.6) is 0 Å². The van der Waals surface area contributed by atoms with Gasteiger partial charge >= 0.3 is 6.18 Å². The summed E-state index contributed by atoms with van der Waals surface area (Å²) in [4.78, 5) is 29.4. The largest absolute Gasteiger partial charge is 0.400 e. The van der Waals surface area contributed by atoms with E-state index in [4.69, 9.17) is 23.2 Å². The fourth-order valence-corrected chi connectivity index (χ4v) is 5.04. The van der Waals surface area contributed by atoms with Crippen LogP contribution in [0, 0.1) is 10.1 Å². The van der Waals surface area contributed by atoms with Crippen LogP contribution in [0.25, 0.3) is 0 Å². The van der Waals surface area contributed by atoms with E-state index in [0.29, 0.717) is 12.1 Å². The number of carbonyl (C=O) groups excluding carboxylic acids is 1. The van der Waals surface area contributed by atoms with E-state index in [9.17, 15) is 28.1 Å². The predicted molar refractivity (Wildman–Crippen MR) is 131 cm³/mol. The maximum absolute atomic E-state index is 14.4. The average molecular weight is 538 g/mol. The van der Waals surface area contributed by atoms with Crippen LogP contribution in [0.4, 0.5) is 24.5 Å². The number of Topliss-reactive ketones (excluding diaryl/α,β-unsaturated/α-hetero) is 1. The number of benzene rings is 2. The van der Waals surface area contributed by atoms with E-state index in [1.807, 2.05) is 0 Å². The van der Waals surface area contributed by atoms with E-state index < -0.39 is 34.5 Å². The highest BCUT2D eigenvalue weighted by molar-refractivity contribution is 6.34. The lowest BCUT2D eigenvalue weighted by atomic mass is 9.79. The van der Waals surface area contributed by atoms with E-state index >= 15 is 0 Å². The van der Waals surface area contributed by atoms with E-state index in [2.05, 4.69) is 4.98 Å². The number of hydrogen-bond donors (Lipinski definition) is 0. The molecule has 0 bridgehead atoms. The minimum atomic E-state index is -4.62. The Labute approximate surface area is 214 Å². The number of nitrogens with zero attached hydrogens (tertiary/aromatic N) is 3. The molecule has 6 nitrogen and oxygen atoms in total. The summed E-state index contributed by atoms with van der Waals surface area (Å²) in [6.07, 6.45) is -3.01. The third kappa shape index (κ3) is 5.17. The summed E-state index contributed by atoms with van der Waals surface area (Å²) >= 11 is 12.0. The van der Waals surface area contributed by atoms with E-state index in [0.717, 1.165) is 6.07 Å². The van der Waals surface area contributed by atoms with Crippen molar-refractivity contribution in [2.45, 2.75) is 30.9 Å². The highest BCUT2D eigenvalue weighted by atomic mass is 35.5. The maximum atomic E-state index is 14.4. The molecule has 1 aromatic heterocycles. The molecule has 1 unspecified atom stereocenters. The van der Waals surface area contributed by atoms with Crippen LogP contribution >= 0.6 is 23.2 Å². The molecule has 1 saturated heterocycles. The topological polar surface area (TPSA) is 76.3 Å². The standard InChI is InChI=1S/C25H20Cl2F3N3O3/c26-17-11-16(12-18(27)13-17)24(25(28,29)30)8-10-32(15-24)20-5-6-21(22(14-20)33(35)36)23(34)7-4-19-3-1-2-9-31-19/h1-3,5-6,9,11-14H,4,7-8,10,15H2. The van der Waals surface area contributed by atoms with Crippen LogP contribution in [-0.2, 0) is 11.8 Å². The van der Waals surface area contributed by atoms with Crippen LogP contribution in [0.3, 0.4) is 0 Å². The van der Waals surface area contributed by atoms with Gasteiger partial charge in [-0.3, -0.25) is 19.9 Å². The second-order valence-corrected chi connectivity index (χ2v) is 9.49. The Hall–Kier alpha value is -3.17. The minimum absolute atomic E-state index is 0.00618. The lowest BCUT2D eigenvalue weighted by molar-refractivity contribution is -0.385. The molecule has 188 valence electrons. The zero-order valence-electron chi connectivity index (χ0n) is 18.8. The monoisotopic (exact) mass is 537 g/mol. The Morgan fingerprint density at radius 2 is 1.83 bits per heavy atom. The van der Waals surface area contributed by atoms with Gasteiger partial charge in [0.15, 0.2) is 5.78 Å². The highest BCUT2D eigenvalue weighted by Gasteiger charge is 2.59. The van der Waals surface area contributed by atoms with Crippen LogP contribution in [0.1, 0.15) is 34.5 Å². The molecular formula is C25H20Cl2F3N3O3. The van der Waals surface area contributed by atoms with Crippen molar-refractivity contribution < 1.29 is 22.9 Å². The number of pyridine rings is 1. The molecule has 0 aliphatic carbocycles. The van der Waals surface area contributed by atoms with Gasteiger partial charge in [0, 0.05) is 53.2 Å². The molecule has 0 spiro atoms. The van der Waals surface area contributed by atoms with Crippen molar-refractivity contribution in [2.24, 2.45) is 0 Å². The molecule has 1 atom stereocenters. The van der Waals surface area contributed by atoms with Gasteiger partial charge in [-0.1, -0.05) is 29.3 Å². The molecule has 1 aliphatic rings. The number of nitro benzene ring substituents is 1. The molecular weight excluding hydrogens is 518 g/mol. The van der Waals surface area contributed by atoms with Crippen molar-refractivity contribution in [1.82, 2.24) is 4.98 Å². The molecule has 0 amide bonds. The molecule has 2 aromatic carbocycles. The number of ketones is 1. The van der Waals surface area contributed by atoms with Crippen molar-refractivity contribution in [2.75, 3.05) is 18.0 Å². The Bertz CT molecular complexity index is 1280. The van der Waals surface area contributed by atoms with Gasteiger partial charge < -0.3 is 4.90 Å². The summed E-state index contributed by atoms with van der Waals surface area (Å²) in [6, 6.07) is 13.0. The minimum Gasteiger partial charge on any atom is -0.370 e.